The van der Waals surface area contributed by atoms with Gasteiger partial charge in [-0.3, -0.25) is 9.80 Å². The number of amides is 2. The van der Waals surface area contributed by atoms with Gasteiger partial charge < -0.3 is 9.64 Å². The van der Waals surface area contributed by atoms with Crippen LogP contribution in [0.2, 0.25) is 15.1 Å². The molecule has 0 aromatic heterocycles. The molecular formula is C35H42Cl3N5O6S2. The third-order valence-electron chi connectivity index (χ3n) is 9.36. The molecule has 16 heteroatoms. The Balaban J connectivity index is 1.58. The SMILES string of the molecule is CC(C)Oc1ccc(S(=O)(=O)NC2=N[C@@](C)(c3ccc(Cl)cc3)[C@@](C)(c3ccc(Cl)cc3)N2C(=O)N2CCN(CCCS(C)(=O)=O)CC2)c(Cl)c1. The Morgan fingerprint density at radius 2 is 1.45 bits per heavy atom. The average molecular weight is 799 g/mol. The molecule has 0 radical (unpaired) electrons. The number of ether oxygens (including phenoxy) is 1. The highest BCUT2D eigenvalue weighted by atomic mass is 35.5. The Labute approximate surface area is 315 Å². The van der Waals surface area contributed by atoms with Gasteiger partial charge in [0, 0.05) is 48.5 Å². The fourth-order valence-electron chi connectivity index (χ4n) is 6.53. The molecule has 1 N–H and O–H groups in total. The average Bonchev–Trinajstić information content (AvgIpc) is 3.26. The summed E-state index contributed by atoms with van der Waals surface area (Å²) in [5.74, 6) is 0.300. The van der Waals surface area contributed by atoms with Gasteiger partial charge in [-0.25, -0.2) is 31.3 Å². The molecule has 2 heterocycles. The first kappa shape index (κ1) is 39.1. The quantitative estimate of drug-likeness (QED) is 0.252. The van der Waals surface area contributed by atoms with Gasteiger partial charge in [0.05, 0.1) is 16.9 Å². The molecule has 11 nitrogen and oxygen atoms in total. The minimum absolute atomic E-state index is 0.0648. The normalized spacial score (nSPS) is 21.5. The van der Waals surface area contributed by atoms with Crippen LogP contribution in [-0.2, 0) is 30.9 Å². The first-order valence-corrected chi connectivity index (χ1v) is 21.1. The fraction of sp³-hybridized carbons (Fsp3) is 0.429. The van der Waals surface area contributed by atoms with Crippen LogP contribution in [0.4, 0.5) is 4.79 Å². The Morgan fingerprint density at radius 3 is 1.98 bits per heavy atom. The highest BCUT2D eigenvalue weighted by Gasteiger charge is 2.60. The van der Waals surface area contributed by atoms with Gasteiger partial charge >= 0.3 is 6.03 Å². The lowest BCUT2D eigenvalue weighted by Crippen LogP contribution is -2.62. The smallest absolute Gasteiger partial charge is 0.327 e. The fourth-order valence-corrected chi connectivity index (χ4v) is 8.96. The van der Waals surface area contributed by atoms with E-state index in [1.807, 2.05) is 27.7 Å². The van der Waals surface area contributed by atoms with Crippen molar-refractivity contribution in [3.63, 3.8) is 0 Å². The molecule has 1 fully saturated rings. The van der Waals surface area contributed by atoms with Crippen molar-refractivity contribution in [3.8, 4) is 5.75 Å². The maximum Gasteiger partial charge on any atom is 0.327 e. The summed E-state index contributed by atoms with van der Waals surface area (Å²) in [6.07, 6.45) is 1.55. The van der Waals surface area contributed by atoms with Crippen molar-refractivity contribution in [1.29, 1.82) is 0 Å². The summed E-state index contributed by atoms with van der Waals surface area (Å²) in [4.78, 5) is 24.9. The van der Waals surface area contributed by atoms with Crippen LogP contribution in [0.3, 0.4) is 0 Å². The number of hydrogen-bond donors (Lipinski definition) is 1. The number of benzene rings is 3. The van der Waals surface area contributed by atoms with Gasteiger partial charge in [0.1, 0.15) is 31.6 Å². The number of carbonyl (C=O) groups is 1. The number of sulfone groups is 1. The molecule has 3 aromatic carbocycles. The van der Waals surface area contributed by atoms with Crippen LogP contribution in [-0.4, -0.2) is 94.4 Å². The Kier molecular flexibility index (Phi) is 11.6. The number of rotatable bonds is 10. The van der Waals surface area contributed by atoms with Crippen LogP contribution in [0.15, 0.2) is 76.6 Å². The van der Waals surface area contributed by atoms with E-state index in [4.69, 9.17) is 44.5 Å². The number of urea groups is 1. The third kappa shape index (κ3) is 8.44. The molecule has 0 bridgehead atoms. The highest BCUT2D eigenvalue weighted by molar-refractivity contribution is 7.90. The van der Waals surface area contributed by atoms with Crippen molar-refractivity contribution in [2.24, 2.45) is 4.99 Å². The van der Waals surface area contributed by atoms with Crippen LogP contribution in [0.25, 0.3) is 0 Å². The van der Waals surface area contributed by atoms with E-state index in [0.29, 0.717) is 66.1 Å². The molecule has 2 aliphatic heterocycles. The van der Waals surface area contributed by atoms with Gasteiger partial charge in [-0.2, -0.15) is 0 Å². The lowest BCUT2D eigenvalue weighted by Gasteiger charge is -2.47. The number of aliphatic imine (C=N–C) groups is 1. The van der Waals surface area contributed by atoms with Crippen LogP contribution < -0.4 is 9.46 Å². The van der Waals surface area contributed by atoms with E-state index >= 15 is 0 Å². The molecule has 5 rings (SSSR count). The summed E-state index contributed by atoms with van der Waals surface area (Å²) in [5.41, 5.74) is -1.21. The Morgan fingerprint density at radius 1 is 0.882 bits per heavy atom. The predicted molar refractivity (Wildman–Crippen MR) is 202 cm³/mol. The number of halogens is 3. The standard InChI is InChI=1S/C35H42Cl3N5O6S2/c1-24(2)49-29-15-16-31(30(38)23-29)51(47,48)40-32-39-34(3,25-7-11-27(36)12-8-25)35(4,26-9-13-28(37)14-10-26)43(32)33(44)42-20-18-41(19-21-42)17-6-22-50(5,45)46/h7-16,23-24H,6,17-22H2,1-5H3,(H,39,40)/t34-,35+/m0/s1. The molecule has 276 valence electrons. The van der Waals surface area contributed by atoms with Crippen LogP contribution in [0.5, 0.6) is 5.75 Å². The number of guanidine groups is 1. The van der Waals surface area contributed by atoms with Crippen LogP contribution >= 0.6 is 34.8 Å². The summed E-state index contributed by atoms with van der Waals surface area (Å²) < 4.78 is 59.9. The molecule has 3 aromatic rings. The van der Waals surface area contributed by atoms with E-state index in [0.717, 1.165) is 0 Å². The van der Waals surface area contributed by atoms with E-state index < -0.39 is 37.0 Å². The van der Waals surface area contributed by atoms with Crippen molar-refractivity contribution in [2.75, 3.05) is 44.7 Å². The summed E-state index contributed by atoms with van der Waals surface area (Å²) in [7, 11) is -7.49. The number of carbonyl (C=O) groups excluding carboxylic acids is 1. The number of sulfonamides is 1. The van der Waals surface area contributed by atoms with Crippen LogP contribution in [0, 0.1) is 0 Å². The van der Waals surface area contributed by atoms with Gasteiger partial charge in [0.15, 0.2) is 0 Å². The van der Waals surface area contributed by atoms with E-state index in [9.17, 15) is 21.6 Å². The summed E-state index contributed by atoms with van der Waals surface area (Å²) in [5, 5.41) is 0.921. The molecule has 2 atom stereocenters. The van der Waals surface area contributed by atoms with E-state index in [1.54, 1.807) is 53.4 Å². The zero-order chi connectivity index (χ0) is 37.4. The monoisotopic (exact) mass is 797 g/mol. The maximum absolute atomic E-state index is 14.9. The third-order valence-corrected chi connectivity index (χ3v) is 12.7. The Hall–Kier alpha value is -3.07. The minimum atomic E-state index is -4.41. The van der Waals surface area contributed by atoms with Crippen molar-refractivity contribution in [2.45, 2.75) is 56.2 Å². The molecule has 51 heavy (non-hydrogen) atoms. The number of nitrogens with zero attached hydrogens (tertiary/aromatic N) is 4. The highest BCUT2D eigenvalue weighted by Crippen LogP contribution is 2.52. The van der Waals surface area contributed by atoms with Gasteiger partial charge in [-0.05, 0) is 88.2 Å². The zero-order valence-electron chi connectivity index (χ0n) is 29.1. The lowest BCUT2D eigenvalue weighted by atomic mass is 9.71. The first-order valence-electron chi connectivity index (χ1n) is 16.4. The number of piperazine rings is 1. The maximum atomic E-state index is 14.9. The summed E-state index contributed by atoms with van der Waals surface area (Å²) in [6, 6.07) is 17.9. The molecule has 0 aliphatic carbocycles. The van der Waals surface area contributed by atoms with Crippen molar-refractivity contribution in [1.82, 2.24) is 19.4 Å². The molecule has 2 aliphatic rings. The van der Waals surface area contributed by atoms with Gasteiger partial charge in [0.2, 0.25) is 5.96 Å². The van der Waals surface area contributed by atoms with Crippen molar-refractivity contribution >= 4 is 66.7 Å². The molecule has 2 amide bonds. The first-order chi connectivity index (χ1) is 23.8. The molecule has 0 saturated carbocycles. The second-order valence-corrected chi connectivity index (χ2v) is 18.6. The number of hydrogen-bond acceptors (Lipinski definition) is 8. The largest absolute Gasteiger partial charge is 0.491 e. The van der Waals surface area contributed by atoms with Gasteiger partial charge in [0.25, 0.3) is 10.0 Å². The Bertz CT molecular complexity index is 2010. The zero-order valence-corrected chi connectivity index (χ0v) is 33.0. The second kappa shape index (κ2) is 15.1. The molecule has 0 spiro atoms. The van der Waals surface area contributed by atoms with E-state index in [2.05, 4.69) is 9.62 Å². The van der Waals surface area contributed by atoms with Crippen LogP contribution in [0.1, 0.15) is 45.2 Å². The predicted octanol–water partition coefficient (Wildman–Crippen LogP) is 6.39. The number of nitrogens with one attached hydrogen (secondary N) is 1. The van der Waals surface area contributed by atoms with Crippen molar-refractivity contribution < 1.29 is 26.4 Å². The summed E-state index contributed by atoms with van der Waals surface area (Å²) in [6.45, 7) is 9.62. The van der Waals surface area contributed by atoms with E-state index in [-0.39, 0.29) is 27.7 Å². The summed E-state index contributed by atoms with van der Waals surface area (Å²) >= 11 is 19.1. The molecule has 1 saturated heterocycles. The van der Waals surface area contributed by atoms with Gasteiger partial charge in [-0.15, -0.1) is 0 Å². The van der Waals surface area contributed by atoms with Crippen molar-refractivity contribution in [3.05, 3.63) is 92.9 Å². The molecular weight excluding hydrogens is 757 g/mol. The second-order valence-electron chi connectivity index (χ2n) is 13.4. The van der Waals surface area contributed by atoms with E-state index in [1.165, 1.54) is 29.4 Å². The topological polar surface area (TPSA) is 129 Å². The lowest BCUT2D eigenvalue weighted by molar-refractivity contribution is 0.0861. The molecule has 0 unspecified atom stereocenters. The minimum Gasteiger partial charge on any atom is -0.491 e. The van der Waals surface area contributed by atoms with Gasteiger partial charge in [-0.1, -0.05) is 59.1 Å².